The van der Waals surface area contributed by atoms with Crippen molar-refractivity contribution in [1.29, 1.82) is 0 Å². The summed E-state index contributed by atoms with van der Waals surface area (Å²) in [6.45, 7) is 2.22. The molecule has 1 aromatic rings. The van der Waals surface area contributed by atoms with E-state index in [-0.39, 0.29) is 17.6 Å². The zero-order valence-electron chi connectivity index (χ0n) is 15.0. The highest BCUT2D eigenvalue weighted by Gasteiger charge is 2.31. The van der Waals surface area contributed by atoms with E-state index in [0.717, 1.165) is 12.3 Å². The predicted molar refractivity (Wildman–Crippen MR) is 96.6 cm³/mol. The molecule has 2 rings (SSSR count). The second-order valence-electron chi connectivity index (χ2n) is 6.00. The van der Waals surface area contributed by atoms with Gasteiger partial charge in [0.25, 0.3) is 0 Å². The fourth-order valence-corrected chi connectivity index (χ4v) is 3.42. The van der Waals surface area contributed by atoms with E-state index in [1.54, 1.807) is 4.90 Å². The minimum atomic E-state index is -4.40. The lowest BCUT2D eigenvalue weighted by atomic mass is 10.2. The van der Waals surface area contributed by atoms with Gasteiger partial charge in [-0.15, -0.1) is 11.8 Å². The zero-order valence-corrected chi connectivity index (χ0v) is 15.8. The summed E-state index contributed by atoms with van der Waals surface area (Å²) < 4.78 is 42.4. The van der Waals surface area contributed by atoms with Crippen LogP contribution in [-0.4, -0.2) is 66.6 Å². The molecular weight excluding hydrogens is 383 g/mol. The normalized spacial score (nSPS) is 15.4. The van der Waals surface area contributed by atoms with Crippen LogP contribution in [0.4, 0.5) is 19.0 Å². The molecule has 150 valence electrons. The van der Waals surface area contributed by atoms with Crippen molar-refractivity contribution in [3.8, 4) is 0 Å². The van der Waals surface area contributed by atoms with Crippen LogP contribution >= 0.6 is 11.8 Å². The van der Waals surface area contributed by atoms with Gasteiger partial charge in [-0.25, -0.2) is 4.98 Å². The van der Waals surface area contributed by atoms with Crippen LogP contribution in [0.5, 0.6) is 0 Å². The second-order valence-corrected chi connectivity index (χ2v) is 7.11. The zero-order chi connectivity index (χ0) is 19.9. The number of hydrogen-bond acceptors (Lipinski definition) is 6. The van der Waals surface area contributed by atoms with E-state index < -0.39 is 11.7 Å². The van der Waals surface area contributed by atoms with Gasteiger partial charge in [0, 0.05) is 44.5 Å². The van der Waals surface area contributed by atoms with Crippen molar-refractivity contribution in [2.24, 2.45) is 0 Å². The number of nitrogens with zero attached hydrogens (tertiary/aromatic N) is 3. The quantitative estimate of drug-likeness (QED) is 0.535. The maximum atomic E-state index is 12.6. The summed E-state index contributed by atoms with van der Waals surface area (Å²) in [6.07, 6.45) is -2.52. The van der Waals surface area contributed by atoms with Gasteiger partial charge in [-0.2, -0.15) is 13.2 Å². The summed E-state index contributed by atoms with van der Waals surface area (Å²) >= 11 is 1.35. The minimum Gasteiger partial charge on any atom is -0.468 e. The first-order valence-electron chi connectivity index (χ1n) is 8.52. The average molecular weight is 405 g/mol. The number of carbonyl (C=O) groups is 2. The van der Waals surface area contributed by atoms with Crippen molar-refractivity contribution in [2.75, 3.05) is 49.7 Å². The number of methoxy groups -OCH3 is 1. The third kappa shape index (κ3) is 6.60. The first-order chi connectivity index (χ1) is 12.8. The van der Waals surface area contributed by atoms with Crippen molar-refractivity contribution < 1.29 is 27.5 Å². The Hall–Kier alpha value is -1.97. The van der Waals surface area contributed by atoms with Gasteiger partial charge in [0.2, 0.25) is 5.91 Å². The molecule has 10 heteroatoms. The maximum Gasteiger partial charge on any atom is 0.417 e. The summed E-state index contributed by atoms with van der Waals surface area (Å²) in [5, 5.41) is 0. The van der Waals surface area contributed by atoms with Crippen molar-refractivity contribution in [3.63, 3.8) is 0 Å². The number of ether oxygens (including phenoxy) is 1. The molecule has 0 aliphatic carbocycles. The standard InChI is InChI=1S/C17H22F3N3O3S/c1-26-16(25)12-27-10-5-15(24)23-7-2-6-22(8-9-23)14-4-3-13(11-21-14)17(18,19)20/h3-4,11H,2,5-10,12H2,1H3. The largest absolute Gasteiger partial charge is 0.468 e. The van der Waals surface area contributed by atoms with Gasteiger partial charge in [0.15, 0.2) is 0 Å². The van der Waals surface area contributed by atoms with Crippen LogP contribution in [0, 0.1) is 0 Å². The predicted octanol–water partition coefficient (Wildman–Crippen LogP) is 2.44. The van der Waals surface area contributed by atoms with Crippen molar-refractivity contribution in [1.82, 2.24) is 9.88 Å². The smallest absolute Gasteiger partial charge is 0.417 e. The lowest BCUT2D eigenvalue weighted by Crippen LogP contribution is -2.35. The first kappa shape index (κ1) is 21.3. The molecule has 0 unspecified atom stereocenters. The van der Waals surface area contributed by atoms with Gasteiger partial charge in [0.1, 0.15) is 5.82 Å². The Balaban J connectivity index is 1.82. The highest BCUT2D eigenvalue weighted by Crippen LogP contribution is 2.29. The topological polar surface area (TPSA) is 62.7 Å². The number of hydrogen-bond donors (Lipinski definition) is 0. The Morgan fingerprint density at radius 3 is 2.63 bits per heavy atom. The molecule has 0 spiro atoms. The van der Waals surface area contributed by atoms with E-state index in [4.69, 9.17) is 0 Å². The number of pyridine rings is 1. The Bertz CT molecular complexity index is 641. The number of halogens is 3. The van der Waals surface area contributed by atoms with Gasteiger partial charge < -0.3 is 14.5 Å². The lowest BCUT2D eigenvalue weighted by molar-refractivity contribution is -0.138. The van der Waals surface area contributed by atoms with Crippen LogP contribution < -0.4 is 4.90 Å². The summed E-state index contributed by atoms with van der Waals surface area (Å²) in [5.41, 5.74) is -0.776. The van der Waals surface area contributed by atoms with Crippen LogP contribution in [0.1, 0.15) is 18.4 Å². The fraction of sp³-hybridized carbons (Fsp3) is 0.588. The number of aromatic nitrogens is 1. The summed E-state index contributed by atoms with van der Waals surface area (Å²) in [6, 6.07) is 2.39. The fourth-order valence-electron chi connectivity index (χ4n) is 2.67. The summed E-state index contributed by atoms with van der Waals surface area (Å²) in [4.78, 5) is 30.9. The number of amides is 1. The molecule has 1 aliphatic rings. The molecule has 2 heterocycles. The van der Waals surface area contributed by atoms with E-state index in [9.17, 15) is 22.8 Å². The van der Waals surface area contributed by atoms with Gasteiger partial charge in [-0.05, 0) is 18.6 Å². The third-order valence-electron chi connectivity index (χ3n) is 4.16. The third-order valence-corrected chi connectivity index (χ3v) is 5.09. The van der Waals surface area contributed by atoms with Crippen molar-refractivity contribution in [3.05, 3.63) is 23.9 Å². The van der Waals surface area contributed by atoms with E-state index in [1.165, 1.54) is 24.9 Å². The molecule has 0 aromatic carbocycles. The molecular formula is C17H22F3N3O3S. The highest BCUT2D eigenvalue weighted by atomic mass is 32.2. The Kier molecular flexibility index (Phi) is 7.76. The molecule has 0 bridgehead atoms. The first-order valence-corrected chi connectivity index (χ1v) is 9.67. The summed E-state index contributed by atoms with van der Waals surface area (Å²) in [7, 11) is 1.32. The summed E-state index contributed by atoms with van der Waals surface area (Å²) in [5.74, 6) is 0.925. The number of esters is 1. The Morgan fingerprint density at radius 2 is 2.00 bits per heavy atom. The molecule has 27 heavy (non-hydrogen) atoms. The van der Waals surface area contributed by atoms with Crippen LogP contribution in [-0.2, 0) is 20.5 Å². The van der Waals surface area contributed by atoms with E-state index in [2.05, 4.69) is 9.72 Å². The molecule has 0 atom stereocenters. The van der Waals surface area contributed by atoms with E-state index in [0.29, 0.717) is 50.6 Å². The minimum absolute atomic E-state index is 0.00888. The Labute approximate surface area is 160 Å². The van der Waals surface area contributed by atoms with Gasteiger partial charge in [0.05, 0.1) is 18.4 Å². The monoisotopic (exact) mass is 405 g/mol. The van der Waals surface area contributed by atoms with Gasteiger partial charge >= 0.3 is 12.1 Å². The second kappa shape index (κ2) is 9.82. The lowest BCUT2D eigenvalue weighted by Gasteiger charge is -2.23. The molecule has 0 N–H and O–H groups in total. The van der Waals surface area contributed by atoms with Crippen molar-refractivity contribution >= 4 is 29.5 Å². The molecule has 1 aliphatic heterocycles. The molecule has 1 amide bonds. The average Bonchev–Trinajstić information content (AvgIpc) is 2.90. The van der Waals surface area contributed by atoms with Crippen LogP contribution in [0.25, 0.3) is 0 Å². The van der Waals surface area contributed by atoms with Gasteiger partial charge in [-0.3, -0.25) is 9.59 Å². The van der Waals surface area contributed by atoms with Crippen LogP contribution in [0.15, 0.2) is 18.3 Å². The highest BCUT2D eigenvalue weighted by molar-refractivity contribution is 7.99. The van der Waals surface area contributed by atoms with Crippen LogP contribution in [0.3, 0.4) is 0 Å². The molecule has 0 saturated carbocycles. The van der Waals surface area contributed by atoms with E-state index in [1.807, 2.05) is 4.90 Å². The maximum absolute atomic E-state index is 12.6. The number of anilines is 1. The molecule has 1 fully saturated rings. The van der Waals surface area contributed by atoms with Crippen LogP contribution in [0.2, 0.25) is 0 Å². The number of rotatable bonds is 6. The molecule has 1 aromatic heterocycles. The Morgan fingerprint density at radius 1 is 1.22 bits per heavy atom. The number of alkyl halides is 3. The number of carbonyl (C=O) groups excluding carboxylic acids is 2. The molecule has 6 nitrogen and oxygen atoms in total. The van der Waals surface area contributed by atoms with E-state index >= 15 is 0 Å². The molecule has 0 radical (unpaired) electrons. The SMILES string of the molecule is COC(=O)CSCCC(=O)N1CCCN(c2ccc(C(F)(F)F)cn2)CC1. The molecule has 1 saturated heterocycles. The van der Waals surface area contributed by atoms with Gasteiger partial charge in [-0.1, -0.05) is 0 Å². The number of thioether (sulfide) groups is 1. The van der Waals surface area contributed by atoms with Crippen molar-refractivity contribution in [2.45, 2.75) is 19.0 Å².